The minimum Gasteiger partial charge on any atom is -0.396 e. The summed E-state index contributed by atoms with van der Waals surface area (Å²) in [4.78, 5) is 0. The number of hydrogen-bond acceptors (Lipinski definition) is 2. The molecular weight excluding hydrogens is 195 g/mol. The summed E-state index contributed by atoms with van der Waals surface area (Å²) in [5, 5.41) is 17.9. The van der Waals surface area contributed by atoms with E-state index in [1.165, 1.54) is 12.1 Å². The van der Waals surface area contributed by atoms with Crippen LogP contribution < -0.4 is 0 Å². The average Bonchev–Trinajstić information content (AvgIpc) is 2.10. The van der Waals surface area contributed by atoms with Crippen LogP contribution in [-0.4, -0.2) is 16.8 Å². The first-order valence-electron chi connectivity index (χ1n) is 3.89. The third-order valence-electron chi connectivity index (χ3n) is 1.74. The first-order valence-corrected chi connectivity index (χ1v) is 4.27. The molecule has 0 saturated heterocycles. The highest BCUT2D eigenvalue weighted by molar-refractivity contribution is 6.30. The van der Waals surface area contributed by atoms with Gasteiger partial charge in [0, 0.05) is 18.6 Å². The maximum absolute atomic E-state index is 13.2. The standard InChI is InChI=1S/C9H10ClFO2/c10-7-3-1-2-6(9(7)11)8(13)4-5-12/h1-3,8,12-13H,4-5H2/t8-/m0/s1. The molecule has 0 saturated carbocycles. The van der Waals surface area contributed by atoms with Gasteiger partial charge in [-0.3, -0.25) is 0 Å². The Morgan fingerprint density at radius 3 is 2.77 bits per heavy atom. The van der Waals surface area contributed by atoms with E-state index in [9.17, 15) is 9.50 Å². The van der Waals surface area contributed by atoms with Gasteiger partial charge >= 0.3 is 0 Å². The van der Waals surface area contributed by atoms with E-state index < -0.39 is 11.9 Å². The number of aliphatic hydroxyl groups excluding tert-OH is 2. The van der Waals surface area contributed by atoms with Crippen LogP contribution in [0.2, 0.25) is 5.02 Å². The Morgan fingerprint density at radius 1 is 1.46 bits per heavy atom. The van der Waals surface area contributed by atoms with Gasteiger partial charge in [0.05, 0.1) is 11.1 Å². The molecule has 0 aliphatic rings. The maximum atomic E-state index is 13.2. The highest BCUT2D eigenvalue weighted by atomic mass is 35.5. The van der Waals surface area contributed by atoms with Gasteiger partial charge in [0.25, 0.3) is 0 Å². The Bertz CT molecular complexity index is 291. The van der Waals surface area contributed by atoms with Gasteiger partial charge in [-0.05, 0) is 6.07 Å². The van der Waals surface area contributed by atoms with Crippen molar-refractivity contribution in [3.05, 3.63) is 34.6 Å². The second-order valence-electron chi connectivity index (χ2n) is 2.67. The molecule has 1 rings (SSSR count). The van der Waals surface area contributed by atoms with Crippen molar-refractivity contribution >= 4 is 11.6 Å². The van der Waals surface area contributed by atoms with E-state index >= 15 is 0 Å². The van der Waals surface area contributed by atoms with E-state index in [4.69, 9.17) is 16.7 Å². The van der Waals surface area contributed by atoms with Gasteiger partial charge in [-0.1, -0.05) is 23.7 Å². The van der Waals surface area contributed by atoms with Gasteiger partial charge in [0.15, 0.2) is 0 Å². The molecule has 2 N–H and O–H groups in total. The van der Waals surface area contributed by atoms with E-state index in [2.05, 4.69) is 0 Å². The molecule has 1 aromatic carbocycles. The number of rotatable bonds is 3. The van der Waals surface area contributed by atoms with Crippen molar-refractivity contribution in [1.29, 1.82) is 0 Å². The Labute approximate surface area is 80.6 Å². The fourth-order valence-corrected chi connectivity index (χ4v) is 1.24. The quantitative estimate of drug-likeness (QED) is 0.790. The predicted molar refractivity (Wildman–Crippen MR) is 48.1 cm³/mol. The fraction of sp³-hybridized carbons (Fsp3) is 0.333. The Hall–Kier alpha value is -0.640. The van der Waals surface area contributed by atoms with Gasteiger partial charge in [-0.15, -0.1) is 0 Å². The third kappa shape index (κ3) is 2.40. The average molecular weight is 205 g/mol. The number of halogens is 2. The number of benzene rings is 1. The Morgan fingerprint density at radius 2 is 2.15 bits per heavy atom. The second kappa shape index (κ2) is 4.56. The van der Waals surface area contributed by atoms with Crippen molar-refractivity contribution in [3.63, 3.8) is 0 Å². The largest absolute Gasteiger partial charge is 0.396 e. The highest BCUT2D eigenvalue weighted by Crippen LogP contribution is 2.24. The molecule has 13 heavy (non-hydrogen) atoms. The zero-order valence-electron chi connectivity index (χ0n) is 6.87. The maximum Gasteiger partial charge on any atom is 0.147 e. The summed E-state index contributed by atoms with van der Waals surface area (Å²) < 4.78 is 13.2. The molecule has 1 atom stereocenters. The van der Waals surface area contributed by atoms with E-state index in [-0.39, 0.29) is 23.6 Å². The molecule has 0 fully saturated rings. The van der Waals surface area contributed by atoms with Crippen LogP contribution in [0.3, 0.4) is 0 Å². The molecule has 0 unspecified atom stereocenters. The lowest BCUT2D eigenvalue weighted by Gasteiger charge is -2.10. The first-order chi connectivity index (χ1) is 6.16. The van der Waals surface area contributed by atoms with E-state index in [1.807, 2.05) is 0 Å². The molecule has 0 spiro atoms. The molecule has 2 nitrogen and oxygen atoms in total. The van der Waals surface area contributed by atoms with Crippen LogP contribution in [0.1, 0.15) is 18.1 Å². The lowest BCUT2D eigenvalue weighted by atomic mass is 10.1. The summed E-state index contributed by atoms with van der Waals surface area (Å²) in [6.07, 6.45) is -0.888. The normalized spacial score (nSPS) is 12.9. The summed E-state index contributed by atoms with van der Waals surface area (Å²) in [6, 6.07) is 4.41. The molecule has 72 valence electrons. The molecule has 0 amide bonds. The zero-order valence-corrected chi connectivity index (χ0v) is 7.63. The highest BCUT2D eigenvalue weighted by Gasteiger charge is 2.13. The minimum absolute atomic E-state index is 0.0190. The van der Waals surface area contributed by atoms with Crippen LogP contribution in [0.25, 0.3) is 0 Å². The van der Waals surface area contributed by atoms with Crippen LogP contribution in [0.4, 0.5) is 4.39 Å². The molecule has 0 heterocycles. The third-order valence-corrected chi connectivity index (χ3v) is 2.03. The van der Waals surface area contributed by atoms with Gasteiger partial charge in [-0.2, -0.15) is 0 Å². The SMILES string of the molecule is OCC[C@H](O)c1cccc(Cl)c1F. The van der Waals surface area contributed by atoms with Crippen molar-refractivity contribution in [1.82, 2.24) is 0 Å². The summed E-state index contributed by atoms with van der Waals surface area (Å²) in [5.41, 5.74) is 0.126. The van der Waals surface area contributed by atoms with Gasteiger partial charge in [0.2, 0.25) is 0 Å². The molecule has 4 heteroatoms. The smallest absolute Gasteiger partial charge is 0.147 e. The van der Waals surface area contributed by atoms with Crippen molar-refractivity contribution in [2.24, 2.45) is 0 Å². The molecule has 0 aliphatic carbocycles. The molecule has 0 aliphatic heterocycles. The molecular formula is C9H10ClFO2. The molecule has 0 aromatic heterocycles. The van der Waals surface area contributed by atoms with E-state index in [0.29, 0.717) is 0 Å². The first kappa shape index (κ1) is 10.4. The van der Waals surface area contributed by atoms with Crippen molar-refractivity contribution in [3.8, 4) is 0 Å². The monoisotopic (exact) mass is 204 g/mol. The number of hydrogen-bond donors (Lipinski definition) is 2. The van der Waals surface area contributed by atoms with Crippen LogP contribution in [0, 0.1) is 5.82 Å². The van der Waals surface area contributed by atoms with Crippen molar-refractivity contribution in [2.45, 2.75) is 12.5 Å². The summed E-state index contributed by atoms with van der Waals surface area (Å²) >= 11 is 5.51. The minimum atomic E-state index is -0.997. The van der Waals surface area contributed by atoms with Crippen molar-refractivity contribution in [2.75, 3.05) is 6.61 Å². The van der Waals surface area contributed by atoms with E-state index in [0.717, 1.165) is 0 Å². The lowest BCUT2D eigenvalue weighted by Crippen LogP contribution is -2.03. The number of aliphatic hydroxyl groups is 2. The second-order valence-corrected chi connectivity index (χ2v) is 3.08. The van der Waals surface area contributed by atoms with Crippen molar-refractivity contribution < 1.29 is 14.6 Å². The zero-order chi connectivity index (χ0) is 9.84. The molecule has 0 bridgehead atoms. The lowest BCUT2D eigenvalue weighted by molar-refractivity contribution is 0.131. The topological polar surface area (TPSA) is 40.5 Å². The van der Waals surface area contributed by atoms with E-state index in [1.54, 1.807) is 6.07 Å². The van der Waals surface area contributed by atoms with Crippen LogP contribution in [0.5, 0.6) is 0 Å². The summed E-state index contributed by atoms with van der Waals surface area (Å²) in [6.45, 7) is -0.187. The van der Waals surface area contributed by atoms with Gasteiger partial charge < -0.3 is 10.2 Å². The molecule has 0 radical (unpaired) electrons. The van der Waals surface area contributed by atoms with Crippen LogP contribution in [0.15, 0.2) is 18.2 Å². The fourth-order valence-electron chi connectivity index (χ4n) is 1.06. The van der Waals surface area contributed by atoms with Gasteiger partial charge in [0.1, 0.15) is 5.82 Å². The Kier molecular flexibility index (Phi) is 3.66. The van der Waals surface area contributed by atoms with Crippen LogP contribution >= 0.6 is 11.6 Å². The summed E-state index contributed by atoms with van der Waals surface area (Å²) in [7, 11) is 0. The van der Waals surface area contributed by atoms with Gasteiger partial charge in [-0.25, -0.2) is 4.39 Å². The Balaban J connectivity index is 2.93. The molecule has 1 aromatic rings. The predicted octanol–water partition coefficient (Wildman–Crippen LogP) is 1.89. The summed E-state index contributed by atoms with van der Waals surface area (Å²) in [5.74, 6) is -0.620. The van der Waals surface area contributed by atoms with Crippen LogP contribution in [-0.2, 0) is 0 Å².